The molecule has 3 aliphatic rings. The Morgan fingerprint density at radius 2 is 1.74 bits per heavy atom. The summed E-state index contributed by atoms with van der Waals surface area (Å²) < 4.78 is 23.1. The van der Waals surface area contributed by atoms with Crippen molar-refractivity contribution >= 4 is 21.7 Å². The van der Waals surface area contributed by atoms with Crippen molar-refractivity contribution in [1.29, 1.82) is 0 Å². The molecule has 1 saturated heterocycles. The topological polar surface area (TPSA) is 91.8 Å². The third kappa shape index (κ3) is 2.48. The number of hydrogen-bond acceptors (Lipinski definition) is 4. The molecule has 0 radical (unpaired) electrons. The number of carboxylic acid groups (broad SMARTS) is 1. The monoisotopic (exact) mass is 287 g/mol. The van der Waals surface area contributed by atoms with Crippen molar-refractivity contribution in [2.24, 2.45) is 11.8 Å². The highest BCUT2D eigenvalue weighted by atomic mass is 32.2. The van der Waals surface area contributed by atoms with Crippen LogP contribution in [0.15, 0.2) is 0 Å². The van der Waals surface area contributed by atoms with Gasteiger partial charge in [0.2, 0.25) is 5.91 Å². The van der Waals surface area contributed by atoms with Crippen molar-refractivity contribution in [2.75, 3.05) is 11.5 Å². The van der Waals surface area contributed by atoms with Crippen LogP contribution in [0.5, 0.6) is 0 Å². The highest BCUT2D eigenvalue weighted by Gasteiger charge is 2.53. The summed E-state index contributed by atoms with van der Waals surface area (Å²) >= 11 is 0. The minimum absolute atomic E-state index is 0.0414. The molecule has 3 fully saturated rings. The van der Waals surface area contributed by atoms with Gasteiger partial charge in [-0.2, -0.15) is 0 Å². The molecule has 106 valence electrons. The summed E-state index contributed by atoms with van der Waals surface area (Å²) in [6.45, 7) is 0. The van der Waals surface area contributed by atoms with Crippen molar-refractivity contribution in [2.45, 2.75) is 37.8 Å². The number of nitrogens with zero attached hydrogens (tertiary/aromatic N) is 1. The molecule has 0 aromatic heterocycles. The zero-order chi connectivity index (χ0) is 13.8. The van der Waals surface area contributed by atoms with E-state index in [0.29, 0.717) is 12.8 Å². The molecule has 7 heteroatoms. The van der Waals surface area contributed by atoms with Crippen molar-refractivity contribution in [3.63, 3.8) is 0 Å². The van der Waals surface area contributed by atoms with Gasteiger partial charge in [-0.25, -0.2) is 8.42 Å². The minimum Gasteiger partial charge on any atom is -0.481 e. The Balaban J connectivity index is 1.72. The summed E-state index contributed by atoms with van der Waals surface area (Å²) in [6.07, 6.45) is 2.71. The van der Waals surface area contributed by atoms with Crippen molar-refractivity contribution < 1.29 is 23.1 Å². The second kappa shape index (κ2) is 4.19. The lowest BCUT2D eigenvalue weighted by atomic mass is 10.1. The molecule has 1 aliphatic heterocycles. The molecule has 0 aromatic carbocycles. The molecule has 0 aromatic rings. The van der Waals surface area contributed by atoms with Gasteiger partial charge < -0.3 is 10.0 Å². The van der Waals surface area contributed by atoms with Gasteiger partial charge in [0.25, 0.3) is 0 Å². The molecule has 1 amide bonds. The largest absolute Gasteiger partial charge is 0.481 e. The van der Waals surface area contributed by atoms with Crippen LogP contribution in [0.3, 0.4) is 0 Å². The number of carbonyl (C=O) groups excluding carboxylic acids is 1. The van der Waals surface area contributed by atoms with E-state index in [2.05, 4.69) is 0 Å². The van der Waals surface area contributed by atoms with Gasteiger partial charge in [0.15, 0.2) is 9.84 Å². The van der Waals surface area contributed by atoms with Crippen LogP contribution in [-0.2, 0) is 19.4 Å². The second-order valence-corrected chi connectivity index (χ2v) is 8.05. The molecule has 2 aliphatic carbocycles. The van der Waals surface area contributed by atoms with Crippen LogP contribution >= 0.6 is 0 Å². The number of amides is 1. The third-order valence-corrected chi connectivity index (χ3v) is 5.97. The van der Waals surface area contributed by atoms with E-state index in [1.807, 2.05) is 0 Å². The lowest BCUT2D eigenvalue weighted by Crippen LogP contribution is -2.44. The maximum atomic E-state index is 12.4. The molecule has 1 N–H and O–H groups in total. The van der Waals surface area contributed by atoms with Crippen LogP contribution in [0.1, 0.15) is 25.7 Å². The van der Waals surface area contributed by atoms with Gasteiger partial charge in [-0.15, -0.1) is 0 Å². The van der Waals surface area contributed by atoms with Crippen LogP contribution in [0.25, 0.3) is 0 Å². The standard InChI is InChI=1S/C12H17NO5S/c14-11(9-5-10(9)12(15)16)13(7-1-2-7)8-3-4-19(17,18)6-8/h7-10H,1-6H2,(H,15,16)/t8-,9-,10+/m0/s1. The highest BCUT2D eigenvalue weighted by Crippen LogP contribution is 2.43. The normalized spacial score (nSPS) is 35.9. The average Bonchev–Trinajstić information content (AvgIpc) is 3.19. The first kappa shape index (κ1) is 12.9. The van der Waals surface area contributed by atoms with Gasteiger partial charge >= 0.3 is 5.97 Å². The number of hydrogen-bond donors (Lipinski definition) is 1. The Bertz CT molecular complexity index is 524. The van der Waals surface area contributed by atoms with E-state index in [-0.39, 0.29) is 29.5 Å². The molecule has 6 nitrogen and oxygen atoms in total. The molecule has 19 heavy (non-hydrogen) atoms. The lowest BCUT2D eigenvalue weighted by molar-refractivity contribution is -0.142. The summed E-state index contributed by atoms with van der Waals surface area (Å²) in [7, 11) is -3.03. The number of sulfone groups is 1. The molecular formula is C12H17NO5S. The molecule has 2 saturated carbocycles. The fraction of sp³-hybridized carbons (Fsp3) is 0.833. The highest BCUT2D eigenvalue weighted by molar-refractivity contribution is 7.91. The maximum Gasteiger partial charge on any atom is 0.307 e. The van der Waals surface area contributed by atoms with Crippen LogP contribution in [0.2, 0.25) is 0 Å². The van der Waals surface area contributed by atoms with E-state index in [9.17, 15) is 18.0 Å². The molecule has 3 atom stereocenters. The van der Waals surface area contributed by atoms with Gasteiger partial charge in [0.05, 0.1) is 23.3 Å². The SMILES string of the molecule is O=C(O)[C@@H]1C[C@@H]1C(=O)N(C1CC1)[C@H]1CCS(=O)(=O)C1. The first-order valence-electron chi connectivity index (χ1n) is 6.64. The Labute approximate surface area is 111 Å². The fourth-order valence-electron chi connectivity index (χ4n) is 2.94. The molecule has 3 rings (SSSR count). The predicted molar refractivity (Wildman–Crippen MR) is 66.2 cm³/mol. The van der Waals surface area contributed by atoms with Crippen molar-refractivity contribution in [3.05, 3.63) is 0 Å². The zero-order valence-corrected chi connectivity index (χ0v) is 11.3. The first-order valence-corrected chi connectivity index (χ1v) is 8.46. The van der Waals surface area contributed by atoms with Crippen LogP contribution < -0.4 is 0 Å². The number of carbonyl (C=O) groups is 2. The van der Waals surface area contributed by atoms with Gasteiger partial charge in [-0.3, -0.25) is 9.59 Å². The van der Waals surface area contributed by atoms with Crippen molar-refractivity contribution in [1.82, 2.24) is 4.90 Å². The molecule has 0 bridgehead atoms. The smallest absolute Gasteiger partial charge is 0.307 e. The fourth-order valence-corrected chi connectivity index (χ4v) is 4.65. The average molecular weight is 287 g/mol. The quantitative estimate of drug-likeness (QED) is 0.778. The first-order chi connectivity index (χ1) is 8.89. The number of aliphatic carboxylic acids is 1. The summed E-state index contributed by atoms with van der Waals surface area (Å²) in [5.74, 6) is -1.88. The van der Waals surface area contributed by atoms with Crippen LogP contribution in [0, 0.1) is 11.8 Å². The second-order valence-electron chi connectivity index (χ2n) is 5.82. The van der Waals surface area contributed by atoms with E-state index in [1.165, 1.54) is 0 Å². The van der Waals surface area contributed by atoms with E-state index < -0.39 is 27.6 Å². The van der Waals surface area contributed by atoms with E-state index in [0.717, 1.165) is 12.8 Å². The Morgan fingerprint density at radius 3 is 2.16 bits per heavy atom. The zero-order valence-electron chi connectivity index (χ0n) is 10.5. The van der Waals surface area contributed by atoms with E-state index in [4.69, 9.17) is 5.11 Å². The predicted octanol–water partition coefficient (Wildman–Crippen LogP) is -0.115. The number of rotatable bonds is 4. The van der Waals surface area contributed by atoms with E-state index >= 15 is 0 Å². The summed E-state index contributed by atoms with van der Waals surface area (Å²) in [5.41, 5.74) is 0. The maximum absolute atomic E-state index is 12.4. The van der Waals surface area contributed by atoms with Crippen LogP contribution in [0.4, 0.5) is 0 Å². The Morgan fingerprint density at radius 1 is 1.05 bits per heavy atom. The van der Waals surface area contributed by atoms with Gasteiger partial charge in [0.1, 0.15) is 0 Å². The van der Waals surface area contributed by atoms with Gasteiger partial charge in [0, 0.05) is 12.1 Å². The Hall–Kier alpha value is -1.11. The summed E-state index contributed by atoms with van der Waals surface area (Å²) in [5, 5.41) is 8.89. The van der Waals surface area contributed by atoms with Gasteiger partial charge in [-0.05, 0) is 25.7 Å². The van der Waals surface area contributed by atoms with E-state index in [1.54, 1.807) is 4.90 Å². The lowest BCUT2D eigenvalue weighted by Gasteiger charge is -2.28. The Kier molecular flexibility index (Phi) is 2.85. The minimum atomic E-state index is -3.03. The molecular weight excluding hydrogens is 270 g/mol. The molecule has 1 heterocycles. The molecule has 0 spiro atoms. The van der Waals surface area contributed by atoms with Crippen molar-refractivity contribution in [3.8, 4) is 0 Å². The third-order valence-electron chi connectivity index (χ3n) is 4.22. The van der Waals surface area contributed by atoms with Crippen LogP contribution in [-0.4, -0.2) is 53.9 Å². The number of carboxylic acids is 1. The summed E-state index contributed by atoms with van der Waals surface area (Å²) in [6, 6.07) is -0.0964. The molecule has 0 unspecified atom stereocenters. The van der Waals surface area contributed by atoms with Gasteiger partial charge in [-0.1, -0.05) is 0 Å². The summed E-state index contributed by atoms with van der Waals surface area (Å²) in [4.78, 5) is 24.9.